The first-order chi connectivity index (χ1) is 11.1. The van der Waals surface area contributed by atoms with Crippen molar-refractivity contribution in [2.75, 3.05) is 18.6 Å². The number of aromatic nitrogens is 1. The molecule has 0 amide bonds. The first kappa shape index (κ1) is 16.5. The van der Waals surface area contributed by atoms with E-state index in [9.17, 15) is 9.59 Å². The summed E-state index contributed by atoms with van der Waals surface area (Å²) in [5, 5.41) is 4.84. The molecule has 0 aliphatic rings. The molecule has 2 N–H and O–H groups in total. The lowest BCUT2D eigenvalue weighted by Gasteiger charge is -2.04. The number of aromatic amines is 1. The number of anilines is 1. The first-order valence-corrected chi connectivity index (χ1v) is 7.33. The Hall–Kier alpha value is -2.83. The van der Waals surface area contributed by atoms with Gasteiger partial charge in [-0.25, -0.2) is 9.59 Å². The van der Waals surface area contributed by atoms with E-state index in [0.29, 0.717) is 30.1 Å². The minimum absolute atomic E-state index is 0.209. The zero-order valence-electron chi connectivity index (χ0n) is 13.3. The van der Waals surface area contributed by atoms with Crippen molar-refractivity contribution in [2.24, 2.45) is 5.10 Å². The van der Waals surface area contributed by atoms with Crippen molar-refractivity contribution in [1.29, 1.82) is 0 Å². The number of carbonyl (C=O) groups is 2. The van der Waals surface area contributed by atoms with Crippen molar-refractivity contribution in [2.45, 2.75) is 20.8 Å². The van der Waals surface area contributed by atoms with Gasteiger partial charge in [-0.3, -0.25) is 5.43 Å². The Morgan fingerprint density at radius 1 is 1.22 bits per heavy atom. The summed E-state index contributed by atoms with van der Waals surface area (Å²) < 4.78 is 9.84. The van der Waals surface area contributed by atoms with Gasteiger partial charge in [0.2, 0.25) is 0 Å². The summed E-state index contributed by atoms with van der Waals surface area (Å²) in [6.07, 6.45) is 0. The van der Waals surface area contributed by atoms with Crippen LogP contribution in [-0.4, -0.2) is 35.8 Å². The van der Waals surface area contributed by atoms with E-state index in [1.165, 1.54) is 0 Å². The van der Waals surface area contributed by atoms with Gasteiger partial charge >= 0.3 is 11.9 Å². The number of hydrogen-bond donors (Lipinski definition) is 2. The predicted molar refractivity (Wildman–Crippen MR) is 87.6 cm³/mol. The lowest BCUT2D eigenvalue weighted by atomic mass is 10.2. The first-order valence-electron chi connectivity index (χ1n) is 7.33. The van der Waals surface area contributed by atoms with Crippen LogP contribution in [0, 0.1) is 0 Å². The number of hydrogen-bond acceptors (Lipinski definition) is 6. The van der Waals surface area contributed by atoms with Gasteiger partial charge in [-0.05, 0) is 32.9 Å². The van der Waals surface area contributed by atoms with Crippen molar-refractivity contribution < 1.29 is 19.1 Å². The number of esters is 2. The number of carbonyl (C=O) groups excluding carboxylic acids is 2. The maximum atomic E-state index is 11.8. The fourth-order valence-electron chi connectivity index (χ4n) is 1.99. The van der Waals surface area contributed by atoms with Gasteiger partial charge in [0.1, 0.15) is 11.4 Å². The molecule has 0 fully saturated rings. The SMILES string of the molecule is CCOC(=O)/C(C)=N/Nc1cccc2cc(C(=O)OCC)[nH]c12. The lowest BCUT2D eigenvalue weighted by Crippen LogP contribution is -2.15. The van der Waals surface area contributed by atoms with Crippen molar-refractivity contribution in [1.82, 2.24) is 4.98 Å². The Balaban J connectivity index is 2.26. The Morgan fingerprint density at radius 3 is 2.65 bits per heavy atom. The molecule has 0 saturated carbocycles. The molecule has 0 aliphatic heterocycles. The van der Waals surface area contributed by atoms with Crippen LogP contribution in [-0.2, 0) is 14.3 Å². The second-order valence-corrected chi connectivity index (χ2v) is 4.70. The predicted octanol–water partition coefficient (Wildman–Crippen LogP) is 2.70. The van der Waals surface area contributed by atoms with E-state index in [1.54, 1.807) is 32.9 Å². The molecule has 0 bridgehead atoms. The highest BCUT2D eigenvalue weighted by atomic mass is 16.5. The molecule has 23 heavy (non-hydrogen) atoms. The molecule has 0 saturated heterocycles. The van der Waals surface area contributed by atoms with E-state index in [1.807, 2.05) is 12.1 Å². The van der Waals surface area contributed by atoms with E-state index >= 15 is 0 Å². The molecular formula is C16H19N3O4. The summed E-state index contributed by atoms with van der Waals surface area (Å²) in [4.78, 5) is 26.3. The van der Waals surface area contributed by atoms with E-state index in [0.717, 1.165) is 5.39 Å². The summed E-state index contributed by atoms with van der Waals surface area (Å²) in [6, 6.07) is 7.18. The number of ether oxygens (including phenoxy) is 2. The van der Waals surface area contributed by atoms with E-state index in [4.69, 9.17) is 9.47 Å². The van der Waals surface area contributed by atoms with Crippen LogP contribution < -0.4 is 5.43 Å². The van der Waals surface area contributed by atoms with Crippen LogP contribution in [0.15, 0.2) is 29.4 Å². The quantitative estimate of drug-likeness (QED) is 0.485. The van der Waals surface area contributed by atoms with Crippen molar-refractivity contribution in [3.8, 4) is 0 Å². The molecule has 0 aliphatic carbocycles. The molecule has 0 unspecified atom stereocenters. The molecule has 0 spiro atoms. The Kier molecular flexibility index (Phi) is 5.35. The molecule has 2 aromatic rings. The number of hydrazone groups is 1. The Labute approximate surface area is 133 Å². The smallest absolute Gasteiger partial charge is 0.354 e. The molecular weight excluding hydrogens is 298 g/mol. The van der Waals surface area contributed by atoms with Gasteiger partial charge in [0, 0.05) is 5.39 Å². The van der Waals surface area contributed by atoms with Crippen LogP contribution in [0.25, 0.3) is 10.9 Å². The summed E-state index contributed by atoms with van der Waals surface area (Å²) >= 11 is 0. The molecule has 1 heterocycles. The molecule has 7 heteroatoms. The average Bonchev–Trinajstić information content (AvgIpc) is 2.97. The van der Waals surface area contributed by atoms with E-state index in [2.05, 4.69) is 15.5 Å². The molecule has 2 rings (SSSR count). The van der Waals surface area contributed by atoms with Gasteiger partial charge in [-0.15, -0.1) is 0 Å². The van der Waals surface area contributed by atoms with Gasteiger partial charge in [-0.2, -0.15) is 5.10 Å². The Bertz CT molecular complexity index is 749. The summed E-state index contributed by atoms with van der Waals surface area (Å²) in [5.41, 5.74) is 4.73. The van der Waals surface area contributed by atoms with Crippen LogP contribution in [0.2, 0.25) is 0 Å². The summed E-state index contributed by atoms with van der Waals surface area (Å²) in [7, 11) is 0. The maximum Gasteiger partial charge on any atom is 0.354 e. The molecule has 122 valence electrons. The molecule has 0 radical (unpaired) electrons. The number of benzene rings is 1. The number of H-pyrrole nitrogens is 1. The van der Waals surface area contributed by atoms with Gasteiger partial charge < -0.3 is 14.5 Å². The maximum absolute atomic E-state index is 11.8. The molecule has 1 aromatic heterocycles. The second kappa shape index (κ2) is 7.44. The van der Waals surface area contributed by atoms with E-state index < -0.39 is 11.9 Å². The van der Waals surface area contributed by atoms with Crippen LogP contribution in [0.5, 0.6) is 0 Å². The monoisotopic (exact) mass is 317 g/mol. The number of nitrogens with one attached hydrogen (secondary N) is 2. The number of fused-ring (bicyclic) bond motifs is 1. The third kappa shape index (κ3) is 3.88. The molecule has 7 nitrogen and oxygen atoms in total. The van der Waals surface area contributed by atoms with Gasteiger partial charge in [-0.1, -0.05) is 12.1 Å². The zero-order valence-corrected chi connectivity index (χ0v) is 13.3. The zero-order chi connectivity index (χ0) is 16.8. The highest BCUT2D eigenvalue weighted by Gasteiger charge is 2.12. The standard InChI is InChI=1S/C16H19N3O4/c1-4-22-15(20)10(3)18-19-12-8-6-7-11-9-13(17-14(11)12)16(21)23-5-2/h6-9,17,19H,4-5H2,1-3H3/b18-10+. The number of para-hydroxylation sites is 1. The molecule has 0 atom stereocenters. The van der Waals surface area contributed by atoms with Gasteiger partial charge in [0.15, 0.2) is 0 Å². The van der Waals surface area contributed by atoms with Crippen LogP contribution in [0.3, 0.4) is 0 Å². The van der Waals surface area contributed by atoms with Crippen molar-refractivity contribution in [3.63, 3.8) is 0 Å². The average molecular weight is 317 g/mol. The fraction of sp³-hybridized carbons (Fsp3) is 0.312. The van der Waals surface area contributed by atoms with E-state index in [-0.39, 0.29) is 5.71 Å². The highest BCUT2D eigenvalue weighted by Crippen LogP contribution is 2.24. The van der Waals surface area contributed by atoms with Gasteiger partial charge in [0.25, 0.3) is 0 Å². The highest BCUT2D eigenvalue weighted by molar-refractivity contribution is 6.35. The molecule has 1 aromatic carbocycles. The Morgan fingerprint density at radius 2 is 1.96 bits per heavy atom. The second-order valence-electron chi connectivity index (χ2n) is 4.70. The van der Waals surface area contributed by atoms with Crippen LogP contribution >= 0.6 is 0 Å². The van der Waals surface area contributed by atoms with Crippen LogP contribution in [0.1, 0.15) is 31.3 Å². The van der Waals surface area contributed by atoms with Crippen molar-refractivity contribution >= 4 is 34.2 Å². The topological polar surface area (TPSA) is 92.8 Å². The minimum Gasteiger partial charge on any atom is -0.461 e. The largest absolute Gasteiger partial charge is 0.461 e. The fourth-order valence-corrected chi connectivity index (χ4v) is 1.99. The van der Waals surface area contributed by atoms with Crippen molar-refractivity contribution in [3.05, 3.63) is 30.0 Å². The number of rotatable bonds is 6. The third-order valence-corrected chi connectivity index (χ3v) is 3.07. The normalized spacial score (nSPS) is 11.3. The summed E-state index contributed by atoms with van der Waals surface area (Å²) in [5.74, 6) is -0.897. The van der Waals surface area contributed by atoms with Crippen LogP contribution in [0.4, 0.5) is 5.69 Å². The summed E-state index contributed by atoms with van der Waals surface area (Å²) in [6.45, 7) is 5.64. The minimum atomic E-state index is -0.481. The number of nitrogens with zero attached hydrogens (tertiary/aromatic N) is 1. The lowest BCUT2D eigenvalue weighted by molar-refractivity contribution is -0.135. The van der Waals surface area contributed by atoms with Gasteiger partial charge in [0.05, 0.1) is 24.4 Å². The third-order valence-electron chi connectivity index (χ3n) is 3.07.